The zero-order valence-electron chi connectivity index (χ0n) is 16.5. The number of cyclic esters (lactones) is 1. The molecule has 0 bridgehead atoms. The number of allylic oxidation sites excluding steroid dienone is 7. The van der Waals surface area contributed by atoms with Gasteiger partial charge in [-0.15, -0.1) is 0 Å². The number of carbonyl (C=O) groups is 1. The molecule has 4 heteroatoms. The lowest BCUT2D eigenvalue weighted by atomic mass is 10.3. The number of hydrogen-bond donors (Lipinski definition) is 1. The van der Waals surface area contributed by atoms with Crippen molar-refractivity contribution in [3.05, 3.63) is 48.1 Å². The summed E-state index contributed by atoms with van der Waals surface area (Å²) in [7, 11) is 0. The Bertz CT molecular complexity index is 616. The third kappa shape index (κ3) is 5.18. The SMILES string of the molecule is C[13CH2]C(C)/[13CH]=C/[13CH]=C(\C)[13CH2]C(C)/[13CH]=C/[13CH]=C/[13CH]1O[13C](=O)C(O)[13CH]2OC12C. The maximum atomic E-state index is 11.6. The van der Waals surface area contributed by atoms with Crippen LogP contribution in [-0.2, 0) is 14.3 Å². The topological polar surface area (TPSA) is 59.1 Å². The molecular weight excluding hydrogens is 337 g/mol. The molecule has 26 heavy (non-hydrogen) atoms. The molecule has 6 unspecified atom stereocenters. The predicted molar refractivity (Wildman–Crippen MR) is 104 cm³/mol. The molecule has 4 nitrogen and oxygen atoms in total. The second-order valence-electron chi connectivity index (χ2n) is 7.76. The monoisotopic (exact) mass is 369 g/mol. The molecule has 0 aliphatic carbocycles. The molecule has 2 fully saturated rings. The van der Waals surface area contributed by atoms with Crippen molar-refractivity contribution >= 4 is 5.97 Å². The van der Waals surface area contributed by atoms with Crippen LogP contribution in [0.15, 0.2) is 48.1 Å². The minimum absolute atomic E-state index is 0.420. The lowest BCUT2D eigenvalue weighted by Crippen LogP contribution is -2.46. The van der Waals surface area contributed by atoms with Gasteiger partial charge in [-0.05, 0) is 38.2 Å². The molecule has 0 saturated carbocycles. The minimum Gasteiger partial charge on any atom is -0.453 e. The molecule has 2 aliphatic heterocycles. The molecular formula is C22H32O4. The van der Waals surface area contributed by atoms with E-state index in [1.54, 1.807) is 0 Å². The average Bonchev–Trinajstić information content (AvgIpc) is 3.29. The number of fused-ring (bicyclic) bond motifs is 1. The third-order valence-electron chi connectivity index (χ3n) is 5.17. The molecule has 2 rings (SSSR count). The van der Waals surface area contributed by atoms with Crippen molar-refractivity contribution in [3.8, 4) is 0 Å². The summed E-state index contributed by atoms with van der Waals surface area (Å²) < 4.78 is 10.7. The Morgan fingerprint density at radius 3 is 2.62 bits per heavy atom. The fraction of sp³-hybridized carbons (Fsp3) is 0.591. The van der Waals surface area contributed by atoms with E-state index in [4.69, 9.17) is 9.47 Å². The lowest BCUT2D eigenvalue weighted by Gasteiger charge is -2.24. The Hall–Kier alpha value is -1.65. The summed E-state index contributed by atoms with van der Waals surface area (Å²) in [6, 6.07) is 0. The van der Waals surface area contributed by atoms with E-state index in [1.165, 1.54) is 5.57 Å². The van der Waals surface area contributed by atoms with Gasteiger partial charge in [-0.2, -0.15) is 0 Å². The summed E-state index contributed by atoms with van der Waals surface area (Å²) >= 11 is 0. The molecule has 0 amide bonds. The number of aliphatic hydroxyl groups excluding tert-OH is 1. The quantitative estimate of drug-likeness (QED) is 0.303. The Morgan fingerprint density at radius 2 is 1.92 bits per heavy atom. The molecule has 0 aromatic carbocycles. The standard InChI is InChI=1S/C22H32O4/c1-6-15(2)11-9-12-17(4)14-16(3)10-7-8-13-18-22(5)20(26-22)19(23)21(24)25-18/h7-13,15-16,18-20,23H,6,14H2,1-5H3/b10-7+,11-9+,13-8+,17-12+/i6+1,8+1,10+1,11+1,12+1,14+1,18+1,20+1,21+1. The average molecular weight is 369 g/mol. The Kier molecular flexibility index (Phi) is 7.01. The van der Waals surface area contributed by atoms with E-state index in [0.29, 0.717) is 11.8 Å². The van der Waals surface area contributed by atoms with Gasteiger partial charge >= 0.3 is 5.97 Å². The van der Waals surface area contributed by atoms with Crippen molar-refractivity contribution in [3.63, 3.8) is 0 Å². The number of esters is 1. The summed E-state index contributed by atoms with van der Waals surface area (Å²) in [5, 5.41) is 9.66. The first-order valence-electron chi connectivity index (χ1n) is 9.53. The third-order valence-corrected chi connectivity index (χ3v) is 5.17. The molecule has 2 saturated heterocycles. The number of carbonyl (C=O) groups excluding carboxylic acids is 1. The van der Waals surface area contributed by atoms with E-state index in [1.807, 2.05) is 25.2 Å². The first kappa shape index (κ1) is 20.7. The first-order valence-corrected chi connectivity index (χ1v) is 9.53. The van der Waals surface area contributed by atoms with Gasteiger partial charge in [-0.1, -0.05) is 69.2 Å². The molecule has 0 aromatic rings. The van der Waals surface area contributed by atoms with Crippen molar-refractivity contribution in [2.75, 3.05) is 0 Å². The van der Waals surface area contributed by atoms with Crippen LogP contribution in [0.1, 0.15) is 47.5 Å². The highest BCUT2D eigenvalue weighted by Gasteiger charge is 2.67. The molecule has 0 spiro atoms. The van der Waals surface area contributed by atoms with Crippen molar-refractivity contribution in [1.29, 1.82) is 0 Å². The lowest BCUT2D eigenvalue weighted by molar-refractivity contribution is -0.162. The Balaban J connectivity index is 1.81. The second kappa shape index (κ2) is 8.83. The van der Waals surface area contributed by atoms with Crippen LogP contribution in [0, 0.1) is 11.8 Å². The number of aliphatic hydroxyl groups is 1. The van der Waals surface area contributed by atoms with Crippen LogP contribution in [0.3, 0.4) is 0 Å². The van der Waals surface area contributed by atoms with Crippen LogP contribution in [0.4, 0.5) is 0 Å². The van der Waals surface area contributed by atoms with Crippen LogP contribution in [0.2, 0.25) is 0 Å². The Morgan fingerprint density at radius 1 is 1.23 bits per heavy atom. The van der Waals surface area contributed by atoms with E-state index in [9.17, 15) is 9.90 Å². The second-order valence-corrected chi connectivity index (χ2v) is 7.76. The highest BCUT2D eigenvalue weighted by molar-refractivity contribution is 5.78. The summed E-state index contributed by atoms with van der Waals surface area (Å²) in [5.74, 6) is 0.431. The Labute approximate surface area is 157 Å². The summed E-state index contributed by atoms with van der Waals surface area (Å²) in [4.78, 5) is 11.6. The zero-order chi connectivity index (χ0) is 19.3. The number of ether oxygens (including phenoxy) is 2. The smallest absolute Gasteiger partial charge is 0.338 e. The normalized spacial score (nSPS) is 34.3. The number of epoxide rings is 1. The van der Waals surface area contributed by atoms with E-state index < -0.39 is 29.9 Å². The van der Waals surface area contributed by atoms with Gasteiger partial charge in [0, 0.05) is 0 Å². The first-order chi connectivity index (χ1) is 12.3. The van der Waals surface area contributed by atoms with Crippen LogP contribution >= 0.6 is 0 Å². The van der Waals surface area contributed by atoms with Gasteiger partial charge < -0.3 is 14.6 Å². The highest BCUT2D eigenvalue weighted by Crippen LogP contribution is 2.46. The molecule has 6 atom stereocenters. The maximum Gasteiger partial charge on any atom is 0.338 e. The van der Waals surface area contributed by atoms with Crippen molar-refractivity contribution < 1.29 is 19.4 Å². The molecule has 1 N–H and O–H groups in total. The fourth-order valence-corrected chi connectivity index (χ4v) is 3.12. The van der Waals surface area contributed by atoms with Gasteiger partial charge in [0.05, 0.1) is 0 Å². The van der Waals surface area contributed by atoms with Crippen LogP contribution in [0.5, 0.6) is 0 Å². The van der Waals surface area contributed by atoms with Crippen LogP contribution < -0.4 is 0 Å². The van der Waals surface area contributed by atoms with E-state index in [2.05, 4.69) is 52.0 Å². The fourth-order valence-electron chi connectivity index (χ4n) is 3.12. The number of hydrogen-bond acceptors (Lipinski definition) is 4. The summed E-state index contributed by atoms with van der Waals surface area (Å²) in [6.45, 7) is 10.6. The van der Waals surface area contributed by atoms with Crippen molar-refractivity contribution in [2.45, 2.75) is 71.4 Å². The highest BCUT2D eigenvalue weighted by atomic mass is 16.8. The predicted octanol–water partition coefficient (Wildman–Crippen LogP) is 4.12. The van der Waals surface area contributed by atoms with E-state index >= 15 is 0 Å². The van der Waals surface area contributed by atoms with Gasteiger partial charge in [0.15, 0.2) is 12.2 Å². The largest absolute Gasteiger partial charge is 0.453 e. The van der Waals surface area contributed by atoms with Crippen molar-refractivity contribution in [2.24, 2.45) is 11.8 Å². The molecule has 0 radical (unpaired) electrons. The molecule has 2 heterocycles. The van der Waals surface area contributed by atoms with Crippen LogP contribution in [0.25, 0.3) is 0 Å². The van der Waals surface area contributed by atoms with Crippen molar-refractivity contribution in [1.82, 2.24) is 0 Å². The summed E-state index contributed by atoms with van der Waals surface area (Å²) in [5.41, 5.74) is 0.757. The molecule has 144 valence electrons. The van der Waals surface area contributed by atoms with Crippen LogP contribution in [-0.4, -0.2) is 35.0 Å². The van der Waals surface area contributed by atoms with E-state index in [0.717, 1.165) is 12.8 Å². The van der Waals surface area contributed by atoms with Gasteiger partial charge in [-0.25, -0.2) is 4.79 Å². The van der Waals surface area contributed by atoms with Gasteiger partial charge in [-0.3, -0.25) is 0 Å². The summed E-state index contributed by atoms with van der Waals surface area (Å²) in [6.07, 6.45) is 14.5. The van der Waals surface area contributed by atoms with E-state index in [-0.39, 0.29) is 0 Å². The van der Waals surface area contributed by atoms with Gasteiger partial charge in [0.1, 0.15) is 11.7 Å². The zero-order valence-corrected chi connectivity index (χ0v) is 16.5. The molecule has 2 aliphatic rings. The maximum absolute atomic E-state index is 11.6. The minimum atomic E-state index is -1.16. The molecule has 0 aromatic heterocycles. The van der Waals surface area contributed by atoms with Gasteiger partial charge in [0.25, 0.3) is 0 Å². The number of rotatable bonds is 8. The van der Waals surface area contributed by atoms with Gasteiger partial charge in [0.2, 0.25) is 0 Å².